The molecule has 17 heavy (non-hydrogen) atoms. The third-order valence-electron chi connectivity index (χ3n) is 1.85. The minimum atomic E-state index is -4.28. The molecule has 0 radical (unpaired) electrons. The van der Waals surface area contributed by atoms with Gasteiger partial charge in [0.1, 0.15) is 0 Å². The second kappa shape index (κ2) is 6.74. The van der Waals surface area contributed by atoms with Crippen LogP contribution in [0.3, 0.4) is 0 Å². The highest BCUT2D eigenvalue weighted by Gasteiger charge is 2.29. The van der Waals surface area contributed by atoms with Crippen molar-refractivity contribution < 1.29 is 13.2 Å². The Kier molecular flexibility index (Phi) is 6.39. The van der Waals surface area contributed by atoms with Gasteiger partial charge in [0, 0.05) is 10.9 Å². The lowest BCUT2D eigenvalue weighted by molar-refractivity contribution is -0.0328. The van der Waals surface area contributed by atoms with Crippen molar-refractivity contribution in [3.05, 3.63) is 29.8 Å². The van der Waals surface area contributed by atoms with Crippen LogP contribution in [-0.4, -0.2) is 5.51 Å². The van der Waals surface area contributed by atoms with Gasteiger partial charge in [-0.05, 0) is 29.5 Å². The molecule has 1 aromatic carbocycles. The Bertz CT molecular complexity index is 386. The molecule has 0 aromatic heterocycles. The molecule has 1 aromatic rings. The normalized spacial score (nSPS) is 12.4. The number of hydrogen-bond donors (Lipinski definition) is 1. The second-order valence-electron chi connectivity index (χ2n) is 3.09. The SMILES string of the molecule is Cl.N#CC[C@H](N)c1ccc(SC(F)(F)F)cc1. The van der Waals surface area contributed by atoms with Gasteiger partial charge in [0.25, 0.3) is 0 Å². The summed E-state index contributed by atoms with van der Waals surface area (Å²) < 4.78 is 36.0. The molecule has 94 valence electrons. The highest BCUT2D eigenvalue weighted by molar-refractivity contribution is 8.00. The Morgan fingerprint density at radius 3 is 2.24 bits per heavy atom. The lowest BCUT2D eigenvalue weighted by atomic mass is 10.1. The van der Waals surface area contributed by atoms with Crippen LogP contribution in [0.5, 0.6) is 0 Å². The number of halogens is 4. The molecule has 0 aliphatic rings. The van der Waals surface area contributed by atoms with E-state index in [9.17, 15) is 13.2 Å². The summed E-state index contributed by atoms with van der Waals surface area (Å²) in [5, 5.41) is 8.42. The van der Waals surface area contributed by atoms with Crippen molar-refractivity contribution in [1.29, 1.82) is 5.26 Å². The van der Waals surface area contributed by atoms with Gasteiger partial charge in [0.05, 0.1) is 12.5 Å². The van der Waals surface area contributed by atoms with Crippen molar-refractivity contribution >= 4 is 24.2 Å². The van der Waals surface area contributed by atoms with Crippen LogP contribution in [0.15, 0.2) is 29.2 Å². The van der Waals surface area contributed by atoms with Crippen LogP contribution in [0.1, 0.15) is 18.0 Å². The van der Waals surface area contributed by atoms with Gasteiger partial charge in [-0.1, -0.05) is 12.1 Å². The fourth-order valence-corrected chi connectivity index (χ4v) is 1.67. The Morgan fingerprint density at radius 2 is 1.82 bits per heavy atom. The van der Waals surface area contributed by atoms with E-state index in [4.69, 9.17) is 11.0 Å². The van der Waals surface area contributed by atoms with Gasteiger partial charge in [-0.15, -0.1) is 12.4 Å². The number of hydrogen-bond acceptors (Lipinski definition) is 3. The average molecular weight is 283 g/mol. The van der Waals surface area contributed by atoms with Crippen molar-refractivity contribution in [2.24, 2.45) is 5.73 Å². The Hall–Kier alpha value is -0.900. The fourth-order valence-electron chi connectivity index (χ4n) is 1.13. The standard InChI is InChI=1S/C10H9F3N2S.ClH/c11-10(12,13)16-8-3-1-7(2-4-8)9(15)5-6-14;/h1-4,9H,5,15H2;1H/t9-;/m0./s1. The van der Waals surface area contributed by atoms with Gasteiger partial charge in [-0.25, -0.2) is 0 Å². The van der Waals surface area contributed by atoms with E-state index in [2.05, 4.69) is 0 Å². The van der Waals surface area contributed by atoms with Gasteiger partial charge in [-0.3, -0.25) is 0 Å². The number of nitrogens with two attached hydrogens (primary N) is 1. The first-order chi connectivity index (χ1) is 7.42. The average Bonchev–Trinajstić information content (AvgIpc) is 2.16. The maximum atomic E-state index is 12.0. The van der Waals surface area contributed by atoms with E-state index in [0.29, 0.717) is 5.56 Å². The van der Waals surface area contributed by atoms with Crippen LogP contribution >= 0.6 is 24.2 Å². The molecule has 0 aliphatic heterocycles. The molecule has 1 rings (SSSR count). The zero-order valence-electron chi connectivity index (χ0n) is 8.57. The molecule has 0 saturated carbocycles. The van der Waals surface area contributed by atoms with E-state index in [1.165, 1.54) is 24.3 Å². The smallest absolute Gasteiger partial charge is 0.323 e. The molecule has 7 heteroatoms. The molecule has 1 atom stereocenters. The predicted octanol–water partition coefficient (Wildman–Crippen LogP) is 3.63. The van der Waals surface area contributed by atoms with Crippen LogP contribution in [0, 0.1) is 11.3 Å². The number of nitriles is 1. The molecule has 0 amide bonds. The van der Waals surface area contributed by atoms with Crippen LogP contribution in [0.4, 0.5) is 13.2 Å². The Labute approximate surface area is 107 Å². The van der Waals surface area contributed by atoms with Crippen molar-refractivity contribution in [3.8, 4) is 6.07 Å². The van der Waals surface area contributed by atoms with Crippen LogP contribution < -0.4 is 5.73 Å². The van der Waals surface area contributed by atoms with Crippen LogP contribution in [0.2, 0.25) is 0 Å². The number of alkyl halides is 3. The minimum Gasteiger partial charge on any atom is -0.323 e. The first kappa shape index (κ1) is 16.1. The number of thioether (sulfide) groups is 1. The van der Waals surface area contributed by atoms with Gasteiger partial charge < -0.3 is 5.73 Å². The minimum absolute atomic E-state index is 0. The van der Waals surface area contributed by atoms with Crippen molar-refractivity contribution in [3.63, 3.8) is 0 Å². The fraction of sp³-hybridized carbons (Fsp3) is 0.300. The zero-order chi connectivity index (χ0) is 12.2. The summed E-state index contributed by atoms with van der Waals surface area (Å²) in [6, 6.07) is 7.18. The third-order valence-corrected chi connectivity index (χ3v) is 2.59. The highest BCUT2D eigenvalue weighted by Crippen LogP contribution is 2.36. The summed E-state index contributed by atoms with van der Waals surface area (Å²) >= 11 is -0.171. The summed E-state index contributed by atoms with van der Waals surface area (Å²) in [6.07, 6.45) is 0.145. The van der Waals surface area contributed by atoms with E-state index in [1.54, 1.807) is 0 Å². The lowest BCUT2D eigenvalue weighted by Gasteiger charge is -2.09. The molecule has 0 saturated heterocycles. The van der Waals surface area contributed by atoms with E-state index in [1.807, 2.05) is 6.07 Å². The highest BCUT2D eigenvalue weighted by atomic mass is 35.5. The maximum Gasteiger partial charge on any atom is 0.446 e. The van der Waals surface area contributed by atoms with Gasteiger partial charge in [0.2, 0.25) is 0 Å². The number of benzene rings is 1. The molecule has 0 aliphatic carbocycles. The summed E-state index contributed by atoms with van der Waals surface area (Å²) in [5.41, 5.74) is 2.01. The van der Waals surface area contributed by atoms with Gasteiger partial charge >= 0.3 is 5.51 Å². The topological polar surface area (TPSA) is 49.8 Å². The van der Waals surface area contributed by atoms with Crippen molar-refractivity contribution in [2.75, 3.05) is 0 Å². The molecule has 0 fully saturated rings. The van der Waals surface area contributed by atoms with Crippen molar-refractivity contribution in [2.45, 2.75) is 22.9 Å². The molecule has 0 unspecified atom stereocenters. The summed E-state index contributed by atoms with van der Waals surface area (Å²) in [6.45, 7) is 0. The van der Waals surface area contributed by atoms with E-state index < -0.39 is 11.6 Å². The largest absolute Gasteiger partial charge is 0.446 e. The number of nitrogens with zero attached hydrogens (tertiary/aromatic N) is 1. The Morgan fingerprint density at radius 1 is 1.29 bits per heavy atom. The molecule has 0 bridgehead atoms. The van der Waals surface area contributed by atoms with Gasteiger partial charge in [-0.2, -0.15) is 18.4 Å². The van der Waals surface area contributed by atoms with E-state index in [0.717, 1.165) is 0 Å². The first-order valence-corrected chi connectivity index (χ1v) is 5.22. The Balaban J connectivity index is 0.00000256. The molecule has 2 nitrogen and oxygen atoms in total. The monoisotopic (exact) mass is 282 g/mol. The number of rotatable bonds is 3. The summed E-state index contributed by atoms with van der Waals surface area (Å²) in [5.74, 6) is 0. The molecule has 0 heterocycles. The van der Waals surface area contributed by atoms with Crippen molar-refractivity contribution in [1.82, 2.24) is 0 Å². The quantitative estimate of drug-likeness (QED) is 0.861. The summed E-state index contributed by atoms with van der Waals surface area (Å²) in [7, 11) is 0. The van der Waals surface area contributed by atoms with Crippen LogP contribution in [-0.2, 0) is 0 Å². The lowest BCUT2D eigenvalue weighted by Crippen LogP contribution is -2.09. The predicted molar refractivity (Wildman–Crippen MR) is 62.8 cm³/mol. The van der Waals surface area contributed by atoms with Crippen LogP contribution in [0.25, 0.3) is 0 Å². The molecular weight excluding hydrogens is 273 g/mol. The van der Waals surface area contributed by atoms with E-state index in [-0.39, 0.29) is 35.5 Å². The summed E-state index contributed by atoms with van der Waals surface area (Å²) in [4.78, 5) is 0.111. The first-order valence-electron chi connectivity index (χ1n) is 4.40. The van der Waals surface area contributed by atoms with Gasteiger partial charge in [0.15, 0.2) is 0 Å². The molecule has 0 spiro atoms. The molecule has 2 N–H and O–H groups in total. The third kappa shape index (κ3) is 5.82. The van der Waals surface area contributed by atoms with E-state index >= 15 is 0 Å². The zero-order valence-corrected chi connectivity index (χ0v) is 10.2. The maximum absolute atomic E-state index is 12.0. The molecular formula is C10H10ClF3N2S. The second-order valence-corrected chi connectivity index (χ2v) is 4.22.